The van der Waals surface area contributed by atoms with Crippen LogP contribution in [0.15, 0.2) is 36.4 Å². The number of hydrogen-bond donors (Lipinski definition) is 0. The second kappa shape index (κ2) is 6.31. The van der Waals surface area contributed by atoms with Gasteiger partial charge in [0.25, 0.3) is 0 Å². The van der Waals surface area contributed by atoms with Crippen LogP contribution < -0.4 is 9.47 Å². The van der Waals surface area contributed by atoms with Crippen LogP contribution >= 0.6 is 15.9 Å². The highest BCUT2D eigenvalue weighted by atomic mass is 79.9. The first-order valence-electron chi connectivity index (χ1n) is 6.50. The van der Waals surface area contributed by atoms with Crippen LogP contribution in [0.4, 0.5) is 0 Å². The van der Waals surface area contributed by atoms with E-state index in [0.29, 0.717) is 0 Å². The molecule has 0 bridgehead atoms. The molecule has 2 aromatic carbocycles. The van der Waals surface area contributed by atoms with E-state index < -0.39 is 0 Å². The molecule has 0 fully saturated rings. The summed E-state index contributed by atoms with van der Waals surface area (Å²) in [7, 11) is 3.39. The average Bonchev–Trinajstić information content (AvgIpc) is 2.46. The molecule has 0 amide bonds. The van der Waals surface area contributed by atoms with Crippen molar-refractivity contribution < 1.29 is 9.47 Å². The Morgan fingerprint density at radius 1 is 0.900 bits per heavy atom. The van der Waals surface area contributed by atoms with E-state index in [1.807, 2.05) is 12.1 Å². The topological polar surface area (TPSA) is 18.5 Å². The van der Waals surface area contributed by atoms with Crippen LogP contribution in [0.3, 0.4) is 0 Å². The van der Waals surface area contributed by atoms with Crippen LogP contribution in [-0.2, 0) is 0 Å². The molecule has 0 saturated heterocycles. The highest BCUT2D eigenvalue weighted by Crippen LogP contribution is 2.38. The lowest BCUT2D eigenvalue weighted by Gasteiger charge is -2.17. The van der Waals surface area contributed by atoms with Crippen LogP contribution in [0.25, 0.3) is 0 Å². The normalized spacial score (nSPS) is 12.1. The third kappa shape index (κ3) is 2.98. The van der Waals surface area contributed by atoms with Gasteiger partial charge in [0, 0.05) is 5.56 Å². The van der Waals surface area contributed by atoms with Crippen molar-refractivity contribution in [2.45, 2.75) is 18.7 Å². The second-order valence-corrected chi connectivity index (χ2v) is 5.75. The van der Waals surface area contributed by atoms with E-state index >= 15 is 0 Å². The molecule has 0 N–H and O–H groups in total. The lowest BCUT2D eigenvalue weighted by atomic mass is 10.00. The number of benzene rings is 2. The van der Waals surface area contributed by atoms with Crippen LogP contribution in [-0.4, -0.2) is 14.2 Å². The molecule has 0 spiro atoms. The van der Waals surface area contributed by atoms with Gasteiger partial charge in [0.1, 0.15) is 11.5 Å². The zero-order valence-corrected chi connectivity index (χ0v) is 13.8. The van der Waals surface area contributed by atoms with Gasteiger partial charge in [0.05, 0.1) is 19.0 Å². The lowest BCUT2D eigenvalue weighted by molar-refractivity contribution is 0.410. The summed E-state index contributed by atoms with van der Waals surface area (Å²) in [6.07, 6.45) is 0. The van der Waals surface area contributed by atoms with Crippen molar-refractivity contribution in [2.75, 3.05) is 14.2 Å². The molecule has 20 heavy (non-hydrogen) atoms. The van der Waals surface area contributed by atoms with Gasteiger partial charge >= 0.3 is 0 Å². The highest BCUT2D eigenvalue weighted by Gasteiger charge is 2.16. The van der Waals surface area contributed by atoms with E-state index in [0.717, 1.165) is 22.6 Å². The molecule has 106 valence electrons. The van der Waals surface area contributed by atoms with E-state index in [4.69, 9.17) is 9.47 Å². The molecule has 0 aliphatic heterocycles. The SMILES string of the molecule is COc1ccc(C(Br)c2cc(C)ccc2OC)cc1C. The molecule has 1 unspecified atom stereocenters. The fraction of sp³-hybridized carbons (Fsp3) is 0.294. The number of alkyl halides is 1. The summed E-state index contributed by atoms with van der Waals surface area (Å²) in [6.45, 7) is 4.14. The molecule has 2 nitrogen and oxygen atoms in total. The summed E-state index contributed by atoms with van der Waals surface area (Å²) >= 11 is 3.78. The van der Waals surface area contributed by atoms with Crippen molar-refractivity contribution in [1.82, 2.24) is 0 Å². The van der Waals surface area contributed by atoms with Gasteiger partial charge in [-0.3, -0.25) is 0 Å². The van der Waals surface area contributed by atoms with Gasteiger partial charge in [0.15, 0.2) is 0 Å². The summed E-state index contributed by atoms with van der Waals surface area (Å²) in [4.78, 5) is 0.0990. The first-order valence-corrected chi connectivity index (χ1v) is 7.41. The Morgan fingerprint density at radius 2 is 1.55 bits per heavy atom. The first-order chi connectivity index (χ1) is 9.56. The Hall–Kier alpha value is -1.48. The summed E-state index contributed by atoms with van der Waals surface area (Å²) in [5.41, 5.74) is 4.67. The van der Waals surface area contributed by atoms with E-state index in [2.05, 4.69) is 54.0 Å². The zero-order valence-electron chi connectivity index (χ0n) is 12.2. The predicted molar refractivity (Wildman–Crippen MR) is 86.2 cm³/mol. The average molecular weight is 335 g/mol. The van der Waals surface area contributed by atoms with Crippen molar-refractivity contribution in [3.63, 3.8) is 0 Å². The second-order valence-electron chi connectivity index (χ2n) is 4.84. The molecule has 0 heterocycles. The van der Waals surface area contributed by atoms with Gasteiger partial charge in [0.2, 0.25) is 0 Å². The van der Waals surface area contributed by atoms with E-state index in [9.17, 15) is 0 Å². The number of rotatable bonds is 4. The Morgan fingerprint density at radius 3 is 2.15 bits per heavy atom. The summed E-state index contributed by atoms with van der Waals surface area (Å²) < 4.78 is 10.8. The standard InChI is InChI=1S/C17H19BrO2/c1-11-5-7-16(20-4)14(9-11)17(18)13-6-8-15(19-3)12(2)10-13/h5-10,17H,1-4H3. The molecule has 0 saturated carbocycles. The molecule has 0 aromatic heterocycles. The van der Waals surface area contributed by atoms with Crippen molar-refractivity contribution in [1.29, 1.82) is 0 Å². The lowest BCUT2D eigenvalue weighted by Crippen LogP contribution is -1.99. The van der Waals surface area contributed by atoms with Crippen molar-refractivity contribution in [3.05, 3.63) is 58.7 Å². The molecule has 0 aliphatic rings. The number of ether oxygens (including phenoxy) is 2. The largest absolute Gasteiger partial charge is 0.496 e. The predicted octanol–water partition coefficient (Wildman–Crippen LogP) is 4.80. The summed E-state index contributed by atoms with van der Waals surface area (Å²) in [5, 5.41) is 0. The minimum atomic E-state index is 0.0990. The molecule has 2 rings (SSSR count). The maximum absolute atomic E-state index is 5.46. The van der Waals surface area contributed by atoms with Gasteiger partial charge in [-0.25, -0.2) is 0 Å². The van der Waals surface area contributed by atoms with Crippen molar-refractivity contribution >= 4 is 15.9 Å². The number of halogens is 1. The minimum absolute atomic E-state index is 0.0990. The van der Waals surface area contributed by atoms with Crippen LogP contribution in [0.1, 0.15) is 27.1 Å². The molecular weight excluding hydrogens is 316 g/mol. The Labute approximate surface area is 128 Å². The zero-order chi connectivity index (χ0) is 14.7. The van der Waals surface area contributed by atoms with E-state index in [-0.39, 0.29) is 4.83 Å². The van der Waals surface area contributed by atoms with Crippen LogP contribution in [0.5, 0.6) is 11.5 Å². The molecule has 0 aliphatic carbocycles. The molecule has 1 atom stereocenters. The van der Waals surface area contributed by atoms with Gasteiger partial charge < -0.3 is 9.47 Å². The Balaban J connectivity index is 2.43. The number of hydrogen-bond acceptors (Lipinski definition) is 2. The first kappa shape index (κ1) is 14.9. The molecule has 0 radical (unpaired) electrons. The van der Waals surface area contributed by atoms with Crippen molar-refractivity contribution in [3.8, 4) is 11.5 Å². The van der Waals surface area contributed by atoms with Crippen molar-refractivity contribution in [2.24, 2.45) is 0 Å². The Bertz CT molecular complexity index is 608. The number of aryl methyl sites for hydroxylation is 2. The molecule has 3 heteroatoms. The fourth-order valence-electron chi connectivity index (χ4n) is 2.29. The summed E-state index contributed by atoms with van der Waals surface area (Å²) in [5.74, 6) is 1.80. The van der Waals surface area contributed by atoms with Crippen LogP contribution in [0.2, 0.25) is 0 Å². The van der Waals surface area contributed by atoms with Gasteiger partial charge in [-0.2, -0.15) is 0 Å². The third-order valence-electron chi connectivity index (χ3n) is 3.37. The molecular formula is C17H19BrO2. The van der Waals surface area contributed by atoms with Crippen LogP contribution in [0, 0.1) is 13.8 Å². The van der Waals surface area contributed by atoms with E-state index in [1.165, 1.54) is 11.1 Å². The number of methoxy groups -OCH3 is 2. The fourth-order valence-corrected chi connectivity index (χ4v) is 2.93. The Kier molecular flexibility index (Phi) is 4.71. The van der Waals surface area contributed by atoms with E-state index in [1.54, 1.807) is 14.2 Å². The quantitative estimate of drug-likeness (QED) is 0.747. The summed E-state index contributed by atoms with van der Waals surface area (Å²) in [6, 6.07) is 12.4. The maximum atomic E-state index is 5.46. The maximum Gasteiger partial charge on any atom is 0.123 e. The monoisotopic (exact) mass is 334 g/mol. The molecule has 2 aromatic rings. The minimum Gasteiger partial charge on any atom is -0.496 e. The van der Waals surface area contributed by atoms with Gasteiger partial charge in [-0.15, -0.1) is 0 Å². The highest BCUT2D eigenvalue weighted by molar-refractivity contribution is 9.09. The smallest absolute Gasteiger partial charge is 0.123 e. The van der Waals surface area contributed by atoms with Gasteiger partial charge in [-0.1, -0.05) is 45.8 Å². The third-order valence-corrected chi connectivity index (χ3v) is 4.39. The van der Waals surface area contributed by atoms with Gasteiger partial charge in [-0.05, 0) is 37.1 Å².